The molecule has 0 radical (unpaired) electrons. The smallest absolute Gasteiger partial charge is 0.258 e. The molecule has 1 fully saturated rings. The number of hydrogen-bond acceptors (Lipinski definition) is 4. The Hall–Kier alpha value is -1.50. The summed E-state index contributed by atoms with van der Waals surface area (Å²) < 4.78 is 13.4. The average Bonchev–Trinajstić information content (AvgIpc) is 3.00. The van der Waals surface area contributed by atoms with Gasteiger partial charge in [0.15, 0.2) is 5.13 Å². The van der Waals surface area contributed by atoms with Crippen molar-refractivity contribution < 1.29 is 9.18 Å². The molecule has 4 nitrogen and oxygen atoms in total. The fourth-order valence-electron chi connectivity index (χ4n) is 2.64. The zero-order valence-corrected chi connectivity index (χ0v) is 14.2. The Morgan fingerprint density at radius 1 is 1.43 bits per heavy atom. The van der Waals surface area contributed by atoms with Crippen molar-refractivity contribution >= 4 is 34.0 Å². The molecule has 122 valence electrons. The van der Waals surface area contributed by atoms with Gasteiger partial charge < -0.3 is 5.32 Å². The number of piperidine rings is 1. The molecule has 2 N–H and O–H groups in total. The third-order valence-electron chi connectivity index (χ3n) is 3.98. The Balaban J connectivity index is 1.73. The molecule has 1 aromatic heterocycles. The molecule has 0 saturated carbocycles. The molecular formula is C16H17ClFN3OS. The molecule has 3 rings (SSSR count). The molecule has 2 aromatic rings. The van der Waals surface area contributed by atoms with Gasteiger partial charge in [0.05, 0.1) is 10.6 Å². The first-order chi connectivity index (χ1) is 11.0. The number of rotatable bonds is 3. The van der Waals surface area contributed by atoms with E-state index in [1.165, 1.54) is 22.3 Å². The number of carbonyl (C=O) groups excluding carboxylic acids is 1. The van der Waals surface area contributed by atoms with Gasteiger partial charge >= 0.3 is 0 Å². The molecule has 0 bridgehead atoms. The van der Waals surface area contributed by atoms with Crippen LogP contribution in [0.4, 0.5) is 9.52 Å². The molecule has 0 aliphatic carbocycles. The lowest BCUT2D eigenvalue weighted by Crippen LogP contribution is -2.26. The lowest BCUT2D eigenvalue weighted by molar-refractivity contribution is 0.102. The van der Waals surface area contributed by atoms with Crippen LogP contribution in [0.15, 0.2) is 18.3 Å². The first-order valence-electron chi connectivity index (χ1n) is 7.48. The molecular weight excluding hydrogens is 337 g/mol. The van der Waals surface area contributed by atoms with Crippen LogP contribution in [0.25, 0.3) is 0 Å². The van der Waals surface area contributed by atoms with E-state index >= 15 is 0 Å². The second-order valence-electron chi connectivity index (χ2n) is 5.63. The number of nitrogens with zero attached hydrogens (tertiary/aromatic N) is 1. The van der Waals surface area contributed by atoms with Gasteiger partial charge in [-0.15, -0.1) is 11.3 Å². The van der Waals surface area contributed by atoms with Crippen LogP contribution < -0.4 is 10.6 Å². The zero-order chi connectivity index (χ0) is 16.4. The Morgan fingerprint density at radius 2 is 2.17 bits per heavy atom. The maximum absolute atomic E-state index is 13.4. The molecule has 7 heteroatoms. The number of aromatic nitrogens is 1. The summed E-state index contributed by atoms with van der Waals surface area (Å²) in [5, 5.41) is 6.72. The van der Waals surface area contributed by atoms with Gasteiger partial charge in [-0.3, -0.25) is 10.1 Å². The predicted molar refractivity (Wildman–Crippen MR) is 91.1 cm³/mol. The number of thiazole rings is 1. The van der Waals surface area contributed by atoms with Crippen molar-refractivity contribution in [2.75, 3.05) is 18.4 Å². The van der Waals surface area contributed by atoms with Crippen molar-refractivity contribution in [1.29, 1.82) is 0 Å². The van der Waals surface area contributed by atoms with E-state index < -0.39 is 5.82 Å². The first kappa shape index (κ1) is 16.4. The van der Waals surface area contributed by atoms with Crippen LogP contribution in [0.1, 0.15) is 39.6 Å². The largest absolute Gasteiger partial charge is 0.317 e. The SMILES string of the molecule is Cc1cc(C(=O)Nc2ncc(C3CCNCC3)s2)c(Cl)cc1F. The fourth-order valence-corrected chi connectivity index (χ4v) is 3.85. The number of halogens is 2. The quantitative estimate of drug-likeness (QED) is 0.878. The van der Waals surface area contributed by atoms with Crippen molar-refractivity contribution in [3.05, 3.63) is 45.2 Å². The van der Waals surface area contributed by atoms with Gasteiger partial charge in [-0.2, -0.15) is 0 Å². The molecule has 2 heterocycles. The summed E-state index contributed by atoms with van der Waals surface area (Å²) in [4.78, 5) is 17.8. The van der Waals surface area contributed by atoms with Crippen molar-refractivity contribution in [1.82, 2.24) is 10.3 Å². The summed E-state index contributed by atoms with van der Waals surface area (Å²) in [7, 11) is 0. The van der Waals surface area contributed by atoms with Crippen molar-refractivity contribution in [2.24, 2.45) is 0 Å². The monoisotopic (exact) mass is 353 g/mol. The summed E-state index contributed by atoms with van der Waals surface area (Å²) >= 11 is 7.45. The summed E-state index contributed by atoms with van der Waals surface area (Å²) in [5.41, 5.74) is 0.637. The Bertz CT molecular complexity index is 728. The molecule has 0 atom stereocenters. The third-order valence-corrected chi connectivity index (χ3v) is 5.37. The molecule has 1 aliphatic rings. The highest BCUT2D eigenvalue weighted by molar-refractivity contribution is 7.15. The summed E-state index contributed by atoms with van der Waals surface area (Å²) in [6.45, 7) is 3.62. The van der Waals surface area contributed by atoms with E-state index in [0.717, 1.165) is 32.0 Å². The number of benzene rings is 1. The van der Waals surface area contributed by atoms with E-state index in [2.05, 4.69) is 15.6 Å². The Morgan fingerprint density at radius 3 is 2.91 bits per heavy atom. The van der Waals surface area contributed by atoms with Crippen LogP contribution in [-0.4, -0.2) is 24.0 Å². The topological polar surface area (TPSA) is 54.0 Å². The fraction of sp³-hybridized carbons (Fsp3) is 0.375. The minimum atomic E-state index is -0.422. The summed E-state index contributed by atoms with van der Waals surface area (Å²) in [6, 6.07) is 2.61. The lowest BCUT2D eigenvalue weighted by Gasteiger charge is -2.20. The number of nitrogens with one attached hydrogen (secondary N) is 2. The standard InChI is InChI=1S/C16H17ClFN3OS/c1-9-6-11(12(17)7-13(9)18)15(22)21-16-20-8-14(23-16)10-2-4-19-5-3-10/h6-8,10,19H,2-5H2,1H3,(H,20,21,22). The van der Waals surface area contributed by atoms with Gasteiger partial charge in [0, 0.05) is 11.1 Å². The van der Waals surface area contributed by atoms with Crippen LogP contribution in [0.3, 0.4) is 0 Å². The number of hydrogen-bond donors (Lipinski definition) is 2. The molecule has 23 heavy (non-hydrogen) atoms. The van der Waals surface area contributed by atoms with Gasteiger partial charge in [-0.25, -0.2) is 9.37 Å². The van der Waals surface area contributed by atoms with E-state index in [-0.39, 0.29) is 16.5 Å². The van der Waals surface area contributed by atoms with E-state index in [0.29, 0.717) is 16.6 Å². The van der Waals surface area contributed by atoms with Crippen molar-refractivity contribution in [3.8, 4) is 0 Å². The lowest BCUT2D eigenvalue weighted by atomic mass is 9.97. The molecule has 1 aliphatic heterocycles. The number of amides is 1. The molecule has 1 amide bonds. The molecule has 0 spiro atoms. The van der Waals surface area contributed by atoms with Crippen LogP contribution in [0.5, 0.6) is 0 Å². The van der Waals surface area contributed by atoms with Gasteiger partial charge in [0.1, 0.15) is 5.82 Å². The highest BCUT2D eigenvalue weighted by atomic mass is 35.5. The van der Waals surface area contributed by atoms with Gasteiger partial charge in [-0.05, 0) is 56.5 Å². The summed E-state index contributed by atoms with van der Waals surface area (Å²) in [5.74, 6) is -0.297. The molecule has 1 saturated heterocycles. The molecule has 0 unspecified atom stereocenters. The maximum atomic E-state index is 13.4. The third kappa shape index (κ3) is 3.71. The van der Waals surface area contributed by atoms with Gasteiger partial charge in [0.2, 0.25) is 0 Å². The van der Waals surface area contributed by atoms with Crippen LogP contribution in [-0.2, 0) is 0 Å². The second kappa shape index (κ2) is 6.95. The predicted octanol–water partition coefficient (Wildman–Crippen LogP) is 3.96. The number of anilines is 1. The summed E-state index contributed by atoms with van der Waals surface area (Å²) in [6.07, 6.45) is 3.99. The van der Waals surface area contributed by atoms with E-state index in [1.807, 2.05) is 6.20 Å². The number of aryl methyl sites for hydroxylation is 1. The number of carbonyl (C=O) groups is 1. The average molecular weight is 354 g/mol. The highest BCUT2D eigenvalue weighted by Gasteiger charge is 2.19. The Kier molecular flexibility index (Phi) is 4.94. The maximum Gasteiger partial charge on any atom is 0.258 e. The second-order valence-corrected chi connectivity index (χ2v) is 7.10. The normalized spacial score (nSPS) is 15.6. The van der Waals surface area contributed by atoms with Crippen molar-refractivity contribution in [3.63, 3.8) is 0 Å². The zero-order valence-electron chi connectivity index (χ0n) is 12.7. The van der Waals surface area contributed by atoms with Crippen molar-refractivity contribution in [2.45, 2.75) is 25.7 Å². The Labute approximate surface area is 143 Å². The van der Waals surface area contributed by atoms with Crippen LogP contribution in [0.2, 0.25) is 5.02 Å². The minimum Gasteiger partial charge on any atom is -0.317 e. The van der Waals surface area contributed by atoms with E-state index in [9.17, 15) is 9.18 Å². The van der Waals surface area contributed by atoms with Crippen LogP contribution in [0, 0.1) is 12.7 Å². The highest BCUT2D eigenvalue weighted by Crippen LogP contribution is 2.32. The minimum absolute atomic E-state index is 0.0979. The van der Waals surface area contributed by atoms with Crippen LogP contribution >= 0.6 is 22.9 Å². The van der Waals surface area contributed by atoms with Gasteiger partial charge in [0.25, 0.3) is 5.91 Å². The van der Waals surface area contributed by atoms with Gasteiger partial charge in [-0.1, -0.05) is 11.6 Å². The van der Waals surface area contributed by atoms with E-state index in [4.69, 9.17) is 11.6 Å². The first-order valence-corrected chi connectivity index (χ1v) is 8.67. The van der Waals surface area contributed by atoms with E-state index in [1.54, 1.807) is 6.92 Å². The molecule has 1 aromatic carbocycles.